The van der Waals surface area contributed by atoms with Crippen LogP contribution in [0.15, 0.2) is 79.2 Å². The van der Waals surface area contributed by atoms with Crippen LogP contribution >= 0.6 is 23.5 Å². The van der Waals surface area contributed by atoms with Gasteiger partial charge in [-0.1, -0.05) is 114 Å². The van der Waals surface area contributed by atoms with Crippen LogP contribution in [0.5, 0.6) is 0 Å². The first kappa shape index (κ1) is 32.9. The van der Waals surface area contributed by atoms with Crippen molar-refractivity contribution < 1.29 is 4.79 Å². The molecule has 0 aromatic heterocycles. The number of hydrogen-bond donors (Lipinski definition) is 1. The molecule has 0 aromatic rings. The van der Waals surface area contributed by atoms with Gasteiger partial charge in [-0.25, -0.2) is 0 Å². The van der Waals surface area contributed by atoms with Gasteiger partial charge < -0.3 is 5.32 Å². The lowest BCUT2D eigenvalue weighted by Gasteiger charge is -2.36. The van der Waals surface area contributed by atoms with Crippen molar-refractivity contribution in [1.29, 1.82) is 0 Å². The highest BCUT2D eigenvalue weighted by molar-refractivity contribution is 8.06. The average Bonchev–Trinajstić information content (AvgIpc) is 2.82. The first-order chi connectivity index (χ1) is 18.2. The Morgan fingerprint density at radius 3 is 1.82 bits per heavy atom. The topological polar surface area (TPSA) is 29.1 Å². The zero-order valence-corrected chi connectivity index (χ0v) is 29.0. The van der Waals surface area contributed by atoms with E-state index in [0.29, 0.717) is 5.25 Å². The average molecular weight is 580 g/mol. The lowest BCUT2D eigenvalue weighted by Crippen LogP contribution is -2.32. The Bertz CT molecular complexity index is 1200. The van der Waals surface area contributed by atoms with E-state index in [9.17, 15) is 4.79 Å². The molecular formula is C36H53NOS2. The quantitative estimate of drug-likeness (QED) is 0.250. The van der Waals surface area contributed by atoms with E-state index in [1.807, 2.05) is 23.5 Å². The maximum Gasteiger partial charge on any atom is 0.197 e. The number of Topliss-reactive ketones (excluding diaryl/α,β-unsaturated/α-hetero) is 1. The molecule has 1 unspecified atom stereocenters. The molecule has 2 heterocycles. The van der Waals surface area contributed by atoms with Crippen LogP contribution in [-0.2, 0) is 4.79 Å². The molecule has 0 amide bonds. The maximum atomic E-state index is 13.8. The number of carbonyl (C=O) groups excluding carboxylic acids is 1. The Balaban J connectivity index is 2.12. The van der Waals surface area contributed by atoms with Crippen molar-refractivity contribution in [2.75, 3.05) is 6.54 Å². The molecular weight excluding hydrogens is 527 g/mol. The van der Waals surface area contributed by atoms with E-state index >= 15 is 0 Å². The lowest BCUT2D eigenvalue weighted by atomic mass is 9.82. The molecule has 1 N–H and O–H groups in total. The van der Waals surface area contributed by atoms with Crippen molar-refractivity contribution in [2.45, 2.75) is 108 Å². The van der Waals surface area contributed by atoms with Crippen molar-refractivity contribution >= 4 is 29.3 Å². The molecule has 3 aliphatic rings. The van der Waals surface area contributed by atoms with E-state index < -0.39 is 0 Å². The summed E-state index contributed by atoms with van der Waals surface area (Å²) in [6, 6.07) is 0. The van der Waals surface area contributed by atoms with E-state index in [1.165, 1.54) is 14.7 Å². The van der Waals surface area contributed by atoms with Gasteiger partial charge >= 0.3 is 0 Å². The lowest BCUT2D eigenvalue weighted by molar-refractivity contribution is -0.113. The molecule has 1 atom stereocenters. The first-order valence-electron chi connectivity index (χ1n) is 14.9. The minimum atomic E-state index is 0.0476. The molecule has 3 rings (SSSR count). The molecule has 0 radical (unpaired) electrons. The molecule has 4 heteroatoms. The van der Waals surface area contributed by atoms with Crippen LogP contribution in [0.2, 0.25) is 0 Å². The monoisotopic (exact) mass is 579 g/mol. The molecule has 0 fully saturated rings. The van der Waals surface area contributed by atoms with Gasteiger partial charge in [-0.2, -0.15) is 0 Å². The standard InChI is InChI=1S/C36H53NOS2/c1-14-15-16-37-31-25(17-23-19-27(33(2,3)4)39-28(20-23)34(5,6)7)32(38)26(31)18-24-21-29(35(8,9)10)40-30(22-24)36(11,12)13/h17-22,27,37H,14-16H2,1-13H3. The molecule has 0 saturated carbocycles. The second-order valence-corrected chi connectivity index (χ2v) is 17.8. The number of ketones is 1. The fraction of sp³-hybridized carbons (Fsp3) is 0.583. The molecule has 0 aromatic carbocycles. The van der Waals surface area contributed by atoms with Gasteiger partial charge in [0.25, 0.3) is 0 Å². The summed E-state index contributed by atoms with van der Waals surface area (Å²) < 4.78 is 0. The molecule has 2 aliphatic heterocycles. The minimum absolute atomic E-state index is 0.0476. The Kier molecular flexibility index (Phi) is 9.79. The highest BCUT2D eigenvalue weighted by Crippen LogP contribution is 2.50. The Morgan fingerprint density at radius 2 is 1.35 bits per heavy atom. The summed E-state index contributed by atoms with van der Waals surface area (Å²) in [5.41, 5.74) is 5.16. The highest BCUT2D eigenvalue weighted by atomic mass is 32.2. The number of thioether (sulfide) groups is 2. The van der Waals surface area contributed by atoms with Gasteiger partial charge in [0.1, 0.15) is 0 Å². The zero-order valence-electron chi connectivity index (χ0n) is 27.4. The molecule has 40 heavy (non-hydrogen) atoms. The molecule has 220 valence electrons. The number of hydrogen-bond acceptors (Lipinski definition) is 4. The fourth-order valence-electron chi connectivity index (χ4n) is 4.48. The van der Waals surface area contributed by atoms with Crippen LogP contribution in [0.25, 0.3) is 0 Å². The van der Waals surface area contributed by atoms with Gasteiger partial charge in [-0.3, -0.25) is 4.79 Å². The summed E-state index contributed by atoms with van der Waals surface area (Å²) in [6.07, 6.45) is 15.6. The molecule has 2 nitrogen and oxygen atoms in total. The van der Waals surface area contributed by atoms with Crippen molar-refractivity contribution in [3.8, 4) is 0 Å². The largest absolute Gasteiger partial charge is 0.384 e. The SMILES string of the molecule is CCCCNC1=C(C=C2C=C(C(C)(C)C)SC(C(C)(C)C)=C2)C(=O)C1=CC1=CC(C(C)(C)C)SC(C(C)(C)C)=C1. The summed E-state index contributed by atoms with van der Waals surface area (Å²) in [7, 11) is 0. The maximum absolute atomic E-state index is 13.8. The van der Waals surface area contributed by atoms with Crippen LogP contribution in [0.1, 0.15) is 103 Å². The van der Waals surface area contributed by atoms with Crippen LogP contribution in [0.3, 0.4) is 0 Å². The van der Waals surface area contributed by atoms with Crippen LogP contribution in [0, 0.1) is 21.7 Å². The van der Waals surface area contributed by atoms with Crippen molar-refractivity contribution in [3.63, 3.8) is 0 Å². The van der Waals surface area contributed by atoms with Crippen LogP contribution < -0.4 is 5.32 Å². The third-order valence-electron chi connectivity index (χ3n) is 7.26. The number of nitrogens with one attached hydrogen (secondary N) is 1. The first-order valence-corrected chi connectivity index (χ1v) is 16.6. The number of unbranched alkanes of at least 4 members (excludes halogenated alkanes) is 1. The normalized spacial score (nSPS) is 22.0. The van der Waals surface area contributed by atoms with E-state index in [4.69, 9.17) is 0 Å². The summed E-state index contributed by atoms with van der Waals surface area (Å²) in [4.78, 5) is 17.8. The number of allylic oxidation sites excluding steroid dienone is 12. The van der Waals surface area contributed by atoms with Gasteiger partial charge in [0, 0.05) is 22.9 Å². The molecule has 0 saturated heterocycles. The summed E-state index contributed by atoms with van der Waals surface area (Å²) >= 11 is 3.85. The van der Waals surface area contributed by atoms with Gasteiger partial charge in [0.15, 0.2) is 5.78 Å². The van der Waals surface area contributed by atoms with Crippen LogP contribution in [-0.4, -0.2) is 17.6 Å². The van der Waals surface area contributed by atoms with Gasteiger partial charge in [-0.15, -0.1) is 11.8 Å². The second-order valence-electron chi connectivity index (χ2n) is 15.5. The number of rotatable bonds is 6. The van der Waals surface area contributed by atoms with Crippen LogP contribution in [0.4, 0.5) is 0 Å². The Labute approximate surface area is 254 Å². The molecule has 0 spiro atoms. The summed E-state index contributed by atoms with van der Waals surface area (Å²) in [5.74, 6) is 0.137. The van der Waals surface area contributed by atoms with Crippen molar-refractivity contribution in [2.24, 2.45) is 21.7 Å². The third kappa shape index (κ3) is 8.00. The Hall–Kier alpha value is -1.65. The van der Waals surface area contributed by atoms with Gasteiger partial charge in [0.05, 0.1) is 5.70 Å². The fourth-order valence-corrected chi connectivity index (χ4v) is 7.13. The van der Waals surface area contributed by atoms with Crippen molar-refractivity contribution in [3.05, 3.63) is 79.2 Å². The summed E-state index contributed by atoms with van der Waals surface area (Å²) in [5, 5.41) is 4.00. The Morgan fingerprint density at radius 1 is 0.800 bits per heavy atom. The molecule has 1 aliphatic carbocycles. The van der Waals surface area contributed by atoms with Crippen molar-refractivity contribution in [1.82, 2.24) is 5.32 Å². The van der Waals surface area contributed by atoms with Gasteiger partial charge in [0.2, 0.25) is 0 Å². The smallest absolute Gasteiger partial charge is 0.197 e. The predicted octanol–water partition coefficient (Wildman–Crippen LogP) is 10.7. The number of carbonyl (C=O) groups is 1. The highest BCUT2D eigenvalue weighted by Gasteiger charge is 2.35. The predicted molar refractivity (Wildman–Crippen MR) is 180 cm³/mol. The van der Waals surface area contributed by atoms with E-state index in [2.05, 4.69) is 132 Å². The van der Waals surface area contributed by atoms with E-state index in [1.54, 1.807) is 0 Å². The second kappa shape index (κ2) is 11.9. The van der Waals surface area contributed by atoms with E-state index in [0.717, 1.165) is 47.4 Å². The molecule has 0 bridgehead atoms. The summed E-state index contributed by atoms with van der Waals surface area (Å²) in [6.45, 7) is 30.4. The third-order valence-corrected chi connectivity index (χ3v) is 11.2. The zero-order chi connectivity index (χ0) is 30.3. The minimum Gasteiger partial charge on any atom is -0.384 e. The van der Waals surface area contributed by atoms with Gasteiger partial charge in [-0.05, 0) is 84.3 Å². The van der Waals surface area contributed by atoms with E-state index in [-0.39, 0.29) is 27.4 Å².